The van der Waals surface area contributed by atoms with Crippen molar-refractivity contribution in [1.82, 2.24) is 20.1 Å². The molecule has 0 aromatic carbocycles. The molecule has 2 heterocycles. The Kier molecular flexibility index (Phi) is 5.60. The van der Waals surface area contributed by atoms with Crippen LogP contribution in [-0.2, 0) is 6.54 Å². The van der Waals surface area contributed by atoms with E-state index >= 15 is 0 Å². The highest BCUT2D eigenvalue weighted by molar-refractivity contribution is 7.09. The molecular weight excluding hydrogens is 260 g/mol. The van der Waals surface area contributed by atoms with Crippen molar-refractivity contribution >= 4 is 17.4 Å². The molecule has 1 aromatic heterocycles. The molecule has 19 heavy (non-hydrogen) atoms. The Morgan fingerprint density at radius 2 is 2.32 bits per heavy atom. The van der Waals surface area contributed by atoms with Gasteiger partial charge in [0.1, 0.15) is 5.01 Å². The van der Waals surface area contributed by atoms with Crippen LogP contribution < -0.4 is 5.32 Å². The summed E-state index contributed by atoms with van der Waals surface area (Å²) >= 11 is 1.70. The summed E-state index contributed by atoms with van der Waals surface area (Å²) in [5, 5.41) is 6.12. The van der Waals surface area contributed by atoms with Crippen LogP contribution in [0, 0.1) is 0 Å². The molecule has 1 N–H and O–H groups in total. The average molecular weight is 282 g/mol. The molecule has 2 rings (SSSR count). The number of rotatable bonds is 4. The molecule has 6 heteroatoms. The zero-order chi connectivity index (χ0) is 13.5. The summed E-state index contributed by atoms with van der Waals surface area (Å²) in [5.74, 6) is 0. The lowest BCUT2D eigenvalue weighted by Crippen LogP contribution is -2.42. The summed E-state index contributed by atoms with van der Waals surface area (Å²) in [5.41, 5.74) is 0. The van der Waals surface area contributed by atoms with E-state index in [-0.39, 0.29) is 6.03 Å². The van der Waals surface area contributed by atoms with Crippen LogP contribution >= 0.6 is 11.3 Å². The normalized spacial score (nSPS) is 17.2. The fraction of sp³-hybridized carbons (Fsp3) is 0.692. The highest BCUT2D eigenvalue weighted by atomic mass is 32.1. The SMILES string of the molecule is CCCNC(=O)N1CCCN(Cc2nccs2)CC1. The summed E-state index contributed by atoms with van der Waals surface area (Å²) in [6.45, 7) is 7.36. The molecule has 0 saturated carbocycles. The molecule has 1 fully saturated rings. The zero-order valence-corrected chi connectivity index (χ0v) is 12.3. The van der Waals surface area contributed by atoms with E-state index in [1.165, 1.54) is 0 Å². The number of carbonyl (C=O) groups is 1. The Labute approximate surface area is 118 Å². The maximum atomic E-state index is 11.9. The Hall–Kier alpha value is -1.14. The van der Waals surface area contributed by atoms with Crippen LogP contribution in [0.4, 0.5) is 4.79 Å². The molecule has 0 aliphatic carbocycles. The summed E-state index contributed by atoms with van der Waals surface area (Å²) < 4.78 is 0. The number of carbonyl (C=O) groups excluding carboxylic acids is 1. The standard InChI is InChI=1S/C13H22N4OS/c1-2-4-15-13(18)17-7-3-6-16(8-9-17)11-12-14-5-10-19-12/h5,10H,2-4,6-9,11H2,1H3,(H,15,18). The first-order valence-corrected chi connectivity index (χ1v) is 7.81. The fourth-order valence-electron chi connectivity index (χ4n) is 2.20. The smallest absolute Gasteiger partial charge is 0.317 e. The minimum absolute atomic E-state index is 0.0814. The molecule has 0 unspecified atom stereocenters. The molecule has 1 aliphatic heterocycles. The molecule has 0 radical (unpaired) electrons. The van der Waals surface area contributed by atoms with Gasteiger partial charge in [0.05, 0.1) is 6.54 Å². The highest BCUT2D eigenvalue weighted by Gasteiger charge is 2.19. The number of aromatic nitrogens is 1. The number of hydrogen-bond donors (Lipinski definition) is 1. The van der Waals surface area contributed by atoms with Crippen LogP contribution in [0.2, 0.25) is 0 Å². The topological polar surface area (TPSA) is 48.5 Å². The maximum Gasteiger partial charge on any atom is 0.317 e. The van der Waals surface area contributed by atoms with Gasteiger partial charge in [-0.15, -0.1) is 11.3 Å². The molecule has 1 saturated heterocycles. The second-order valence-electron chi connectivity index (χ2n) is 4.77. The number of thiazole rings is 1. The van der Waals surface area contributed by atoms with Crippen LogP contribution in [0.15, 0.2) is 11.6 Å². The Morgan fingerprint density at radius 1 is 1.42 bits per heavy atom. The van der Waals surface area contributed by atoms with Crippen LogP contribution in [0.5, 0.6) is 0 Å². The monoisotopic (exact) mass is 282 g/mol. The second kappa shape index (κ2) is 7.45. The number of urea groups is 1. The van der Waals surface area contributed by atoms with Gasteiger partial charge in [-0.25, -0.2) is 9.78 Å². The highest BCUT2D eigenvalue weighted by Crippen LogP contribution is 2.11. The van der Waals surface area contributed by atoms with E-state index in [4.69, 9.17) is 0 Å². The number of nitrogens with one attached hydrogen (secondary N) is 1. The van der Waals surface area contributed by atoms with Crippen molar-refractivity contribution in [3.63, 3.8) is 0 Å². The first-order chi connectivity index (χ1) is 9.29. The van der Waals surface area contributed by atoms with Crippen LogP contribution in [0.3, 0.4) is 0 Å². The van der Waals surface area contributed by atoms with Gasteiger partial charge in [0, 0.05) is 44.3 Å². The molecule has 5 nitrogen and oxygen atoms in total. The zero-order valence-electron chi connectivity index (χ0n) is 11.5. The first-order valence-electron chi connectivity index (χ1n) is 6.93. The molecule has 2 amide bonds. The Balaban J connectivity index is 1.79. The van der Waals surface area contributed by atoms with Crippen LogP contribution in [0.1, 0.15) is 24.8 Å². The lowest BCUT2D eigenvalue weighted by atomic mass is 10.4. The minimum Gasteiger partial charge on any atom is -0.338 e. The van der Waals surface area contributed by atoms with E-state index in [2.05, 4.69) is 22.1 Å². The van der Waals surface area contributed by atoms with Crippen molar-refractivity contribution in [2.45, 2.75) is 26.3 Å². The van der Waals surface area contributed by atoms with E-state index < -0.39 is 0 Å². The van der Waals surface area contributed by atoms with Crippen molar-refractivity contribution < 1.29 is 4.79 Å². The minimum atomic E-state index is 0.0814. The average Bonchev–Trinajstić information content (AvgIpc) is 2.81. The summed E-state index contributed by atoms with van der Waals surface area (Å²) in [6, 6.07) is 0.0814. The van der Waals surface area contributed by atoms with E-state index in [1.807, 2.05) is 16.5 Å². The van der Waals surface area contributed by atoms with Gasteiger partial charge < -0.3 is 10.2 Å². The lowest BCUT2D eigenvalue weighted by Gasteiger charge is -2.21. The van der Waals surface area contributed by atoms with Crippen molar-refractivity contribution in [1.29, 1.82) is 0 Å². The van der Waals surface area contributed by atoms with Gasteiger partial charge in [0.25, 0.3) is 0 Å². The van der Waals surface area contributed by atoms with E-state index in [0.29, 0.717) is 0 Å². The maximum absolute atomic E-state index is 11.9. The van der Waals surface area contributed by atoms with Crippen LogP contribution in [0.25, 0.3) is 0 Å². The van der Waals surface area contributed by atoms with E-state index in [9.17, 15) is 4.79 Å². The summed E-state index contributed by atoms with van der Waals surface area (Å²) in [6.07, 6.45) is 3.86. The van der Waals surface area contributed by atoms with E-state index in [0.717, 1.165) is 57.1 Å². The van der Waals surface area contributed by atoms with Gasteiger partial charge >= 0.3 is 6.03 Å². The number of hydrogen-bond acceptors (Lipinski definition) is 4. The Morgan fingerprint density at radius 3 is 3.05 bits per heavy atom. The molecule has 106 valence electrons. The third kappa shape index (κ3) is 4.47. The molecule has 1 aromatic rings. The molecule has 0 atom stereocenters. The summed E-state index contributed by atoms with van der Waals surface area (Å²) in [4.78, 5) is 20.5. The molecule has 1 aliphatic rings. The molecule has 0 bridgehead atoms. The van der Waals surface area contributed by atoms with Gasteiger partial charge in [0.15, 0.2) is 0 Å². The summed E-state index contributed by atoms with van der Waals surface area (Å²) in [7, 11) is 0. The fourth-order valence-corrected chi connectivity index (χ4v) is 2.86. The molecular formula is C13H22N4OS. The predicted octanol–water partition coefficient (Wildman–Crippen LogP) is 1.77. The third-order valence-electron chi connectivity index (χ3n) is 3.24. The van der Waals surface area contributed by atoms with Crippen LogP contribution in [-0.4, -0.2) is 53.5 Å². The van der Waals surface area contributed by atoms with Crippen molar-refractivity contribution in [2.24, 2.45) is 0 Å². The van der Waals surface area contributed by atoms with Gasteiger partial charge in [-0.1, -0.05) is 6.92 Å². The van der Waals surface area contributed by atoms with Crippen molar-refractivity contribution in [3.8, 4) is 0 Å². The number of amides is 2. The lowest BCUT2D eigenvalue weighted by molar-refractivity contribution is 0.197. The first kappa shape index (κ1) is 14.3. The Bertz CT molecular complexity index is 382. The largest absolute Gasteiger partial charge is 0.338 e. The quantitative estimate of drug-likeness (QED) is 0.915. The van der Waals surface area contributed by atoms with Gasteiger partial charge in [-0.2, -0.15) is 0 Å². The van der Waals surface area contributed by atoms with Gasteiger partial charge in [0.2, 0.25) is 0 Å². The van der Waals surface area contributed by atoms with Crippen molar-refractivity contribution in [3.05, 3.63) is 16.6 Å². The second-order valence-corrected chi connectivity index (χ2v) is 5.75. The third-order valence-corrected chi connectivity index (χ3v) is 4.01. The van der Waals surface area contributed by atoms with Gasteiger partial charge in [-0.3, -0.25) is 4.90 Å². The van der Waals surface area contributed by atoms with E-state index in [1.54, 1.807) is 11.3 Å². The molecule has 0 spiro atoms. The van der Waals surface area contributed by atoms with Crippen molar-refractivity contribution in [2.75, 3.05) is 32.7 Å². The van der Waals surface area contributed by atoms with Gasteiger partial charge in [-0.05, 0) is 12.8 Å². The number of nitrogens with zero attached hydrogens (tertiary/aromatic N) is 3. The predicted molar refractivity (Wildman–Crippen MR) is 77.3 cm³/mol.